The molecule has 4 nitrogen and oxygen atoms in total. The van der Waals surface area contributed by atoms with Gasteiger partial charge in [-0.15, -0.1) is 11.3 Å². The molecule has 0 aliphatic carbocycles. The summed E-state index contributed by atoms with van der Waals surface area (Å²) in [5.74, 6) is -0.180. The maximum atomic E-state index is 11.9. The lowest BCUT2D eigenvalue weighted by molar-refractivity contribution is -0.122. The van der Waals surface area contributed by atoms with Gasteiger partial charge in [-0.25, -0.2) is 0 Å². The fourth-order valence-corrected chi connectivity index (χ4v) is 2.79. The molecule has 1 N–H and O–H groups in total. The highest BCUT2D eigenvalue weighted by Crippen LogP contribution is 2.17. The third-order valence-electron chi connectivity index (χ3n) is 2.61. The van der Waals surface area contributed by atoms with E-state index in [1.165, 1.54) is 10.6 Å². The van der Waals surface area contributed by atoms with Gasteiger partial charge in [-0.2, -0.15) is 0 Å². The van der Waals surface area contributed by atoms with Crippen LogP contribution in [0.2, 0.25) is 0 Å². The van der Waals surface area contributed by atoms with Crippen LogP contribution in [0.3, 0.4) is 0 Å². The predicted molar refractivity (Wildman–Crippen MR) is 79.3 cm³/mol. The Kier molecular flexibility index (Phi) is 4.55. The van der Waals surface area contributed by atoms with Crippen LogP contribution in [-0.2, 0) is 11.3 Å². The molecule has 2 aromatic heterocycles. The van der Waals surface area contributed by atoms with Gasteiger partial charge in [0, 0.05) is 21.6 Å². The smallest absolute Gasteiger partial charge is 0.251 e. The largest absolute Gasteiger partial charge is 0.347 e. The fourth-order valence-electron chi connectivity index (χ4n) is 1.68. The van der Waals surface area contributed by atoms with Crippen molar-refractivity contribution in [2.45, 2.75) is 19.5 Å². The summed E-state index contributed by atoms with van der Waals surface area (Å²) in [4.78, 5) is 24.6. The number of hydrogen-bond donors (Lipinski definition) is 1. The molecular formula is C13H13BrN2O2S. The first-order valence-corrected chi connectivity index (χ1v) is 7.42. The molecule has 0 saturated heterocycles. The molecule has 2 heterocycles. The summed E-state index contributed by atoms with van der Waals surface area (Å²) in [5.41, 5.74) is -0.192. The molecule has 0 radical (unpaired) electrons. The van der Waals surface area contributed by atoms with E-state index < -0.39 is 0 Å². The van der Waals surface area contributed by atoms with Crippen LogP contribution < -0.4 is 10.9 Å². The van der Waals surface area contributed by atoms with E-state index in [9.17, 15) is 9.59 Å². The topological polar surface area (TPSA) is 51.1 Å². The van der Waals surface area contributed by atoms with Crippen LogP contribution in [0, 0.1) is 0 Å². The third kappa shape index (κ3) is 3.78. The van der Waals surface area contributed by atoms with Crippen LogP contribution in [0.15, 0.2) is 45.1 Å². The van der Waals surface area contributed by atoms with Crippen LogP contribution in [-0.4, -0.2) is 10.5 Å². The summed E-state index contributed by atoms with van der Waals surface area (Å²) >= 11 is 4.87. The molecule has 0 saturated carbocycles. The van der Waals surface area contributed by atoms with Gasteiger partial charge in [0.1, 0.15) is 6.54 Å². The van der Waals surface area contributed by atoms with Crippen LogP contribution in [0.25, 0.3) is 0 Å². The number of halogens is 1. The van der Waals surface area contributed by atoms with E-state index in [2.05, 4.69) is 21.2 Å². The summed E-state index contributed by atoms with van der Waals surface area (Å²) < 4.78 is 2.15. The maximum Gasteiger partial charge on any atom is 0.251 e. The van der Waals surface area contributed by atoms with E-state index in [4.69, 9.17) is 0 Å². The van der Waals surface area contributed by atoms with E-state index in [1.807, 2.05) is 24.4 Å². The molecule has 0 aromatic carbocycles. The van der Waals surface area contributed by atoms with Crippen molar-refractivity contribution in [2.24, 2.45) is 0 Å². The summed E-state index contributed by atoms with van der Waals surface area (Å²) in [6.07, 6.45) is 1.61. The van der Waals surface area contributed by atoms with Crippen LogP contribution in [0.1, 0.15) is 17.8 Å². The van der Waals surface area contributed by atoms with Crippen molar-refractivity contribution in [3.05, 3.63) is 55.5 Å². The number of carbonyl (C=O) groups excluding carboxylic acids is 1. The molecule has 0 aliphatic rings. The number of carbonyl (C=O) groups is 1. The summed E-state index contributed by atoms with van der Waals surface area (Å²) in [6.45, 7) is 1.95. The number of nitrogens with one attached hydrogen (secondary N) is 1. The number of rotatable bonds is 4. The zero-order valence-electron chi connectivity index (χ0n) is 10.3. The average molecular weight is 341 g/mol. The molecule has 0 unspecified atom stereocenters. The fraction of sp³-hybridized carbons (Fsp3) is 0.231. The van der Waals surface area contributed by atoms with Crippen molar-refractivity contribution in [3.63, 3.8) is 0 Å². The van der Waals surface area contributed by atoms with Crippen molar-refractivity contribution in [1.82, 2.24) is 9.88 Å². The molecule has 0 spiro atoms. The Morgan fingerprint density at radius 3 is 2.95 bits per heavy atom. The van der Waals surface area contributed by atoms with Crippen molar-refractivity contribution in [2.75, 3.05) is 0 Å². The van der Waals surface area contributed by atoms with Crippen molar-refractivity contribution in [3.8, 4) is 0 Å². The summed E-state index contributed by atoms with van der Waals surface area (Å²) in [7, 11) is 0. The standard InChI is InChI=1S/C13H13BrN2O2S/c1-9(11-3-2-6-19-11)15-12(17)8-16-7-10(14)4-5-13(16)18/h2-7,9H,8H2,1H3,(H,15,17)/t9-/m1/s1. The lowest BCUT2D eigenvalue weighted by atomic mass is 10.3. The van der Waals surface area contributed by atoms with E-state index in [0.29, 0.717) is 0 Å². The molecule has 0 fully saturated rings. The normalized spacial score (nSPS) is 12.1. The molecule has 1 atom stereocenters. The second-order valence-corrected chi connectivity index (χ2v) is 6.01. The van der Waals surface area contributed by atoms with Gasteiger partial charge < -0.3 is 9.88 Å². The molecule has 0 bridgehead atoms. The minimum Gasteiger partial charge on any atom is -0.347 e. The predicted octanol–water partition coefficient (Wildman–Crippen LogP) is 2.55. The molecule has 19 heavy (non-hydrogen) atoms. The first-order valence-electron chi connectivity index (χ1n) is 5.75. The Labute approximate surface area is 123 Å². The second kappa shape index (κ2) is 6.16. The average Bonchev–Trinajstić information content (AvgIpc) is 2.87. The van der Waals surface area contributed by atoms with Crippen molar-refractivity contribution in [1.29, 1.82) is 0 Å². The molecule has 1 amide bonds. The third-order valence-corrected chi connectivity index (χ3v) is 4.13. The molecule has 100 valence electrons. The van der Waals surface area contributed by atoms with E-state index in [-0.39, 0.29) is 24.1 Å². The molecule has 2 rings (SSSR count). The minimum atomic E-state index is -0.192. The highest BCUT2D eigenvalue weighted by molar-refractivity contribution is 9.10. The maximum absolute atomic E-state index is 11.9. The SMILES string of the molecule is C[C@@H](NC(=O)Cn1cc(Br)ccc1=O)c1cccs1. The highest BCUT2D eigenvalue weighted by atomic mass is 79.9. The molecule has 0 aliphatic heterocycles. The monoisotopic (exact) mass is 340 g/mol. The van der Waals surface area contributed by atoms with Gasteiger partial charge in [-0.1, -0.05) is 6.07 Å². The Morgan fingerprint density at radius 1 is 1.47 bits per heavy atom. The van der Waals surface area contributed by atoms with Gasteiger partial charge in [0.25, 0.3) is 5.56 Å². The van der Waals surface area contributed by atoms with Crippen molar-refractivity contribution >= 4 is 33.2 Å². The molecule has 2 aromatic rings. The zero-order valence-corrected chi connectivity index (χ0v) is 12.7. The summed E-state index contributed by atoms with van der Waals surface area (Å²) in [6, 6.07) is 6.96. The number of thiophene rings is 1. The first-order chi connectivity index (χ1) is 9.06. The van der Waals surface area contributed by atoms with E-state index in [1.54, 1.807) is 23.6 Å². The quantitative estimate of drug-likeness (QED) is 0.929. The van der Waals surface area contributed by atoms with E-state index in [0.717, 1.165) is 9.35 Å². The van der Waals surface area contributed by atoms with Gasteiger partial charge in [0.2, 0.25) is 5.91 Å². The Hall–Kier alpha value is -1.40. The molecule has 6 heteroatoms. The van der Waals surface area contributed by atoms with Gasteiger partial charge in [0.15, 0.2) is 0 Å². The van der Waals surface area contributed by atoms with Crippen LogP contribution in [0.4, 0.5) is 0 Å². The van der Waals surface area contributed by atoms with Crippen molar-refractivity contribution < 1.29 is 4.79 Å². The highest BCUT2D eigenvalue weighted by Gasteiger charge is 2.11. The Balaban J connectivity index is 2.02. The van der Waals surface area contributed by atoms with Gasteiger partial charge >= 0.3 is 0 Å². The van der Waals surface area contributed by atoms with Crippen LogP contribution >= 0.6 is 27.3 Å². The van der Waals surface area contributed by atoms with E-state index >= 15 is 0 Å². The van der Waals surface area contributed by atoms with Gasteiger partial charge in [-0.05, 0) is 40.4 Å². The second-order valence-electron chi connectivity index (χ2n) is 4.12. The Bertz CT molecular complexity index is 622. The Morgan fingerprint density at radius 2 is 2.26 bits per heavy atom. The molecular weight excluding hydrogens is 328 g/mol. The van der Waals surface area contributed by atoms with Gasteiger partial charge in [0.05, 0.1) is 6.04 Å². The number of amides is 1. The minimum absolute atomic E-state index is 0.0218. The number of pyridine rings is 1. The van der Waals surface area contributed by atoms with Gasteiger partial charge in [-0.3, -0.25) is 9.59 Å². The number of aromatic nitrogens is 1. The summed E-state index contributed by atoms with van der Waals surface area (Å²) in [5, 5.41) is 4.84. The lowest BCUT2D eigenvalue weighted by Crippen LogP contribution is -2.33. The number of hydrogen-bond acceptors (Lipinski definition) is 3. The first kappa shape index (κ1) is 14.0. The lowest BCUT2D eigenvalue weighted by Gasteiger charge is -2.13. The van der Waals surface area contributed by atoms with Crippen LogP contribution in [0.5, 0.6) is 0 Å². The number of nitrogens with zero attached hydrogens (tertiary/aromatic N) is 1. The zero-order chi connectivity index (χ0) is 13.8.